The molecular weight excluding hydrogens is 238 g/mol. The Morgan fingerprint density at radius 2 is 2.00 bits per heavy atom. The van der Waals surface area contributed by atoms with Crippen LogP contribution < -0.4 is 19.9 Å². The SMILES string of the molecule is COc1ccc2c(c1)[C@@H]([NH+]1CC[NH+](C)CC1)C[NH2+]C2. The summed E-state index contributed by atoms with van der Waals surface area (Å²) in [5.74, 6) is 1.00. The van der Waals surface area contributed by atoms with Crippen molar-refractivity contribution >= 4 is 0 Å². The van der Waals surface area contributed by atoms with Crippen LogP contribution in [0.5, 0.6) is 5.75 Å². The summed E-state index contributed by atoms with van der Waals surface area (Å²) in [4.78, 5) is 3.44. The molecule has 0 amide bonds. The van der Waals surface area contributed by atoms with Gasteiger partial charge in [0, 0.05) is 11.1 Å². The van der Waals surface area contributed by atoms with E-state index in [0.717, 1.165) is 12.3 Å². The van der Waals surface area contributed by atoms with E-state index < -0.39 is 0 Å². The highest BCUT2D eigenvalue weighted by atomic mass is 16.5. The van der Waals surface area contributed by atoms with Crippen LogP contribution in [0.25, 0.3) is 0 Å². The first-order chi connectivity index (χ1) is 9.28. The molecule has 2 heterocycles. The number of rotatable bonds is 2. The lowest BCUT2D eigenvalue weighted by Gasteiger charge is -2.35. The maximum Gasteiger partial charge on any atom is 0.164 e. The second-order valence-corrected chi connectivity index (χ2v) is 5.96. The van der Waals surface area contributed by atoms with Gasteiger partial charge in [-0.25, -0.2) is 0 Å². The van der Waals surface area contributed by atoms with Gasteiger partial charge in [-0.05, 0) is 18.2 Å². The molecule has 0 saturated carbocycles. The van der Waals surface area contributed by atoms with E-state index in [0.29, 0.717) is 6.04 Å². The van der Waals surface area contributed by atoms with Crippen molar-refractivity contribution in [2.24, 2.45) is 0 Å². The second-order valence-electron chi connectivity index (χ2n) is 5.96. The van der Waals surface area contributed by atoms with Crippen molar-refractivity contribution in [1.29, 1.82) is 0 Å². The van der Waals surface area contributed by atoms with Crippen LogP contribution in [0.15, 0.2) is 18.2 Å². The number of hydrogen-bond donors (Lipinski definition) is 3. The van der Waals surface area contributed by atoms with Gasteiger partial charge in [0.25, 0.3) is 0 Å². The summed E-state index contributed by atoms with van der Waals surface area (Å²) in [5, 5.41) is 2.46. The largest absolute Gasteiger partial charge is 0.497 e. The van der Waals surface area contributed by atoms with E-state index in [-0.39, 0.29) is 0 Å². The van der Waals surface area contributed by atoms with E-state index in [1.807, 2.05) is 0 Å². The van der Waals surface area contributed by atoms with Crippen molar-refractivity contribution < 1.29 is 19.9 Å². The molecule has 0 aliphatic carbocycles. The normalized spacial score (nSPS) is 30.7. The third-order valence-corrected chi connectivity index (χ3v) is 4.73. The van der Waals surface area contributed by atoms with E-state index >= 15 is 0 Å². The Hall–Kier alpha value is -1.10. The highest BCUT2D eigenvalue weighted by Gasteiger charge is 2.34. The summed E-state index contributed by atoms with van der Waals surface area (Å²) in [6, 6.07) is 7.26. The van der Waals surface area contributed by atoms with Crippen LogP contribution in [0.3, 0.4) is 0 Å². The van der Waals surface area contributed by atoms with Crippen LogP contribution in [0, 0.1) is 0 Å². The number of quaternary nitrogens is 3. The van der Waals surface area contributed by atoms with Crippen molar-refractivity contribution in [2.45, 2.75) is 12.6 Å². The summed E-state index contributed by atoms with van der Waals surface area (Å²) < 4.78 is 5.41. The second kappa shape index (κ2) is 5.49. The van der Waals surface area contributed by atoms with Crippen LogP contribution >= 0.6 is 0 Å². The highest BCUT2D eigenvalue weighted by molar-refractivity contribution is 5.37. The average molecular weight is 264 g/mol. The van der Waals surface area contributed by atoms with Gasteiger partial charge in [0.05, 0.1) is 14.2 Å². The lowest BCUT2D eigenvalue weighted by molar-refractivity contribution is -1.03. The Labute approximate surface area is 115 Å². The molecule has 0 unspecified atom stereocenters. The van der Waals surface area contributed by atoms with Gasteiger partial charge in [-0.1, -0.05) is 0 Å². The van der Waals surface area contributed by atoms with Crippen molar-refractivity contribution in [3.63, 3.8) is 0 Å². The summed E-state index contributed by atoms with van der Waals surface area (Å²) in [6.07, 6.45) is 0. The zero-order valence-corrected chi connectivity index (χ0v) is 12.0. The molecule has 19 heavy (non-hydrogen) atoms. The maximum absolute atomic E-state index is 5.41. The van der Waals surface area contributed by atoms with Gasteiger partial charge < -0.3 is 19.9 Å². The quantitative estimate of drug-likeness (QED) is 0.531. The molecule has 2 aliphatic rings. The lowest BCUT2D eigenvalue weighted by Crippen LogP contribution is -3.28. The number of fused-ring (bicyclic) bond motifs is 1. The van der Waals surface area contributed by atoms with Crippen LogP contribution in [0.4, 0.5) is 0 Å². The van der Waals surface area contributed by atoms with E-state index in [2.05, 4.69) is 30.6 Å². The molecule has 4 nitrogen and oxygen atoms in total. The van der Waals surface area contributed by atoms with Gasteiger partial charge in [0.15, 0.2) is 6.04 Å². The smallest absolute Gasteiger partial charge is 0.164 e. The van der Waals surface area contributed by atoms with Gasteiger partial charge in [-0.3, -0.25) is 0 Å². The molecule has 0 aromatic heterocycles. The molecule has 4 N–H and O–H groups in total. The summed E-state index contributed by atoms with van der Waals surface area (Å²) in [7, 11) is 4.07. The monoisotopic (exact) mass is 264 g/mol. The first-order valence-electron chi connectivity index (χ1n) is 7.42. The van der Waals surface area contributed by atoms with Crippen LogP contribution in [0.2, 0.25) is 0 Å². The Morgan fingerprint density at radius 1 is 1.21 bits per heavy atom. The molecule has 1 saturated heterocycles. The van der Waals surface area contributed by atoms with E-state index in [1.54, 1.807) is 16.9 Å². The Balaban J connectivity index is 1.84. The zero-order chi connectivity index (χ0) is 13.2. The first kappa shape index (κ1) is 12.9. The molecule has 104 valence electrons. The molecule has 1 aromatic rings. The molecule has 4 heteroatoms. The van der Waals surface area contributed by atoms with Crippen molar-refractivity contribution in [2.75, 3.05) is 46.9 Å². The fourth-order valence-electron chi connectivity index (χ4n) is 3.48. The molecule has 0 radical (unpaired) electrons. The number of piperazine rings is 1. The minimum atomic E-state index is 0.645. The molecule has 1 aromatic carbocycles. The predicted octanol–water partition coefficient (Wildman–Crippen LogP) is -2.77. The number of nitrogens with two attached hydrogens (primary N) is 1. The standard InChI is InChI=1S/C15H23N3O/c1-17-5-7-18(8-6-17)15-11-16-10-12-3-4-13(19-2)9-14(12)15/h3-4,9,15-16H,5-8,10-11H2,1-2H3/p+3/t15-/m0/s1. The van der Waals surface area contributed by atoms with Crippen LogP contribution in [0.1, 0.15) is 17.2 Å². The van der Waals surface area contributed by atoms with Crippen molar-refractivity contribution in [1.82, 2.24) is 0 Å². The number of benzene rings is 1. The third-order valence-electron chi connectivity index (χ3n) is 4.73. The van der Waals surface area contributed by atoms with Gasteiger partial charge >= 0.3 is 0 Å². The summed E-state index contributed by atoms with van der Waals surface area (Å²) in [6.45, 7) is 7.51. The minimum absolute atomic E-state index is 0.645. The summed E-state index contributed by atoms with van der Waals surface area (Å²) in [5.41, 5.74) is 3.02. The van der Waals surface area contributed by atoms with Crippen molar-refractivity contribution in [3.05, 3.63) is 29.3 Å². The highest BCUT2D eigenvalue weighted by Crippen LogP contribution is 2.23. The van der Waals surface area contributed by atoms with E-state index in [1.165, 1.54) is 43.9 Å². The van der Waals surface area contributed by atoms with Gasteiger partial charge in [-0.2, -0.15) is 0 Å². The zero-order valence-electron chi connectivity index (χ0n) is 12.0. The van der Waals surface area contributed by atoms with Gasteiger partial charge in [-0.15, -0.1) is 0 Å². The molecule has 1 atom stereocenters. The first-order valence-corrected chi connectivity index (χ1v) is 7.42. The number of hydrogen-bond acceptors (Lipinski definition) is 1. The molecule has 2 aliphatic heterocycles. The predicted molar refractivity (Wildman–Crippen MR) is 73.5 cm³/mol. The van der Waals surface area contributed by atoms with E-state index in [9.17, 15) is 0 Å². The average Bonchev–Trinajstić information content (AvgIpc) is 2.47. The van der Waals surface area contributed by atoms with Crippen molar-refractivity contribution in [3.8, 4) is 5.75 Å². The van der Waals surface area contributed by atoms with E-state index in [4.69, 9.17) is 4.74 Å². The Kier molecular flexibility index (Phi) is 3.73. The Morgan fingerprint density at radius 3 is 2.74 bits per heavy atom. The van der Waals surface area contributed by atoms with Gasteiger partial charge in [0.1, 0.15) is 45.0 Å². The molecular formula is C15H26N3O+3. The molecule has 1 fully saturated rings. The van der Waals surface area contributed by atoms with Crippen LogP contribution in [-0.4, -0.2) is 46.9 Å². The number of likely N-dealkylation sites (N-methyl/N-ethyl adjacent to an activating group) is 1. The number of methoxy groups -OCH3 is 1. The third kappa shape index (κ3) is 2.61. The molecule has 0 bridgehead atoms. The molecule has 0 spiro atoms. The van der Waals surface area contributed by atoms with Crippen LogP contribution in [-0.2, 0) is 6.54 Å². The molecule has 3 rings (SSSR count). The maximum atomic E-state index is 5.41. The fourth-order valence-corrected chi connectivity index (χ4v) is 3.48. The van der Waals surface area contributed by atoms with Gasteiger partial charge in [0.2, 0.25) is 0 Å². The Bertz CT molecular complexity index is 441. The topological polar surface area (TPSA) is 34.7 Å². The summed E-state index contributed by atoms with van der Waals surface area (Å²) >= 11 is 0. The fraction of sp³-hybridized carbons (Fsp3) is 0.600. The number of nitrogens with one attached hydrogen (secondary N) is 2. The lowest BCUT2D eigenvalue weighted by atomic mass is 9.94. The number of ether oxygens (including phenoxy) is 1. The minimum Gasteiger partial charge on any atom is -0.497 e.